The van der Waals surface area contributed by atoms with E-state index in [4.69, 9.17) is 0 Å². The van der Waals surface area contributed by atoms with Crippen LogP contribution >= 0.6 is 0 Å². The number of likely N-dealkylation sites (N-methyl/N-ethyl adjacent to an activating group) is 1. The maximum absolute atomic E-state index is 13.0. The van der Waals surface area contributed by atoms with E-state index in [9.17, 15) is 14.7 Å². The van der Waals surface area contributed by atoms with E-state index in [0.717, 1.165) is 18.5 Å². The predicted molar refractivity (Wildman–Crippen MR) is 104 cm³/mol. The fraction of sp³-hybridized carbons (Fsp3) is 0.619. The number of aromatic nitrogens is 1. The highest BCUT2D eigenvalue weighted by Crippen LogP contribution is 2.49. The van der Waals surface area contributed by atoms with Crippen LogP contribution in [0.25, 0.3) is 6.08 Å². The first kappa shape index (κ1) is 18.4. The average Bonchev–Trinajstić information content (AvgIpc) is 3.15. The van der Waals surface area contributed by atoms with Crippen molar-refractivity contribution in [3.8, 4) is 0 Å². The van der Waals surface area contributed by atoms with Crippen molar-refractivity contribution in [2.24, 2.45) is 11.8 Å². The molecule has 3 heterocycles. The molecule has 1 aliphatic carbocycles. The molecule has 4 atom stereocenters. The number of pyridine rings is 1. The number of rotatable bonds is 5. The van der Waals surface area contributed by atoms with Gasteiger partial charge in [0.15, 0.2) is 0 Å². The SMILES string of the molecule is C/C=C\c1ccc2n(c1=O)C[C@@H]1[C@@H](CO)[C@H](C(=O)NC3CCC3)N(CC)[C@H]21. The lowest BCUT2D eigenvalue weighted by atomic mass is 9.87. The van der Waals surface area contributed by atoms with Crippen LogP contribution in [-0.2, 0) is 11.3 Å². The van der Waals surface area contributed by atoms with Gasteiger partial charge in [-0.15, -0.1) is 0 Å². The molecular weight excluding hydrogens is 342 g/mol. The fourth-order valence-electron chi connectivity index (χ4n) is 5.14. The number of aliphatic hydroxyl groups is 1. The van der Waals surface area contributed by atoms with E-state index >= 15 is 0 Å². The third-order valence-corrected chi connectivity index (χ3v) is 6.65. The molecule has 2 N–H and O–H groups in total. The Kier molecular flexibility index (Phi) is 4.95. The smallest absolute Gasteiger partial charge is 0.258 e. The number of fused-ring (bicyclic) bond motifs is 3. The van der Waals surface area contributed by atoms with Gasteiger partial charge >= 0.3 is 0 Å². The van der Waals surface area contributed by atoms with Gasteiger partial charge in [0.05, 0.1) is 12.1 Å². The van der Waals surface area contributed by atoms with Crippen molar-refractivity contribution in [1.82, 2.24) is 14.8 Å². The number of amides is 1. The zero-order chi connectivity index (χ0) is 19.1. The average molecular weight is 371 g/mol. The van der Waals surface area contributed by atoms with E-state index in [1.54, 1.807) is 0 Å². The van der Waals surface area contributed by atoms with Crippen molar-refractivity contribution < 1.29 is 9.90 Å². The number of allylic oxidation sites excluding steroid dienone is 1. The van der Waals surface area contributed by atoms with Crippen LogP contribution in [0.1, 0.15) is 50.4 Å². The number of hydrogen-bond donors (Lipinski definition) is 2. The lowest BCUT2D eigenvalue weighted by Gasteiger charge is -2.33. The monoisotopic (exact) mass is 371 g/mol. The molecule has 1 amide bonds. The number of carbonyl (C=O) groups excluding carboxylic acids is 1. The summed E-state index contributed by atoms with van der Waals surface area (Å²) in [6.07, 6.45) is 6.97. The first-order valence-electron chi connectivity index (χ1n) is 10.1. The number of nitrogens with zero attached hydrogens (tertiary/aromatic N) is 2. The van der Waals surface area contributed by atoms with Crippen LogP contribution in [-0.4, -0.2) is 45.7 Å². The summed E-state index contributed by atoms with van der Waals surface area (Å²) < 4.78 is 1.84. The minimum Gasteiger partial charge on any atom is -0.396 e. The van der Waals surface area contributed by atoms with Crippen molar-refractivity contribution >= 4 is 12.0 Å². The van der Waals surface area contributed by atoms with Gasteiger partial charge in [0, 0.05) is 42.3 Å². The van der Waals surface area contributed by atoms with Gasteiger partial charge < -0.3 is 15.0 Å². The van der Waals surface area contributed by atoms with E-state index in [0.29, 0.717) is 18.7 Å². The Morgan fingerprint density at radius 3 is 2.74 bits per heavy atom. The molecule has 0 spiro atoms. The summed E-state index contributed by atoms with van der Waals surface area (Å²) in [6.45, 7) is 5.20. The minimum atomic E-state index is -0.324. The summed E-state index contributed by atoms with van der Waals surface area (Å²) >= 11 is 0. The van der Waals surface area contributed by atoms with E-state index in [1.807, 2.05) is 35.8 Å². The van der Waals surface area contributed by atoms with Gasteiger partial charge in [-0.05, 0) is 44.9 Å². The molecular formula is C21H29N3O3. The Balaban J connectivity index is 1.68. The molecule has 27 heavy (non-hydrogen) atoms. The second kappa shape index (κ2) is 7.24. The summed E-state index contributed by atoms with van der Waals surface area (Å²) in [5.74, 6) is -0.0328. The van der Waals surface area contributed by atoms with E-state index in [1.165, 1.54) is 6.42 Å². The molecule has 1 saturated heterocycles. The van der Waals surface area contributed by atoms with Crippen LogP contribution in [0.3, 0.4) is 0 Å². The van der Waals surface area contributed by atoms with Gasteiger partial charge in [0.1, 0.15) is 0 Å². The van der Waals surface area contributed by atoms with Gasteiger partial charge in [0.25, 0.3) is 5.56 Å². The van der Waals surface area contributed by atoms with Gasteiger partial charge in [-0.3, -0.25) is 14.5 Å². The van der Waals surface area contributed by atoms with Crippen LogP contribution in [0.5, 0.6) is 0 Å². The molecule has 0 radical (unpaired) electrons. The van der Waals surface area contributed by atoms with E-state index in [2.05, 4.69) is 17.1 Å². The van der Waals surface area contributed by atoms with Crippen LogP contribution in [0.2, 0.25) is 0 Å². The molecule has 4 rings (SSSR count). The second-order valence-electron chi connectivity index (χ2n) is 8.00. The van der Waals surface area contributed by atoms with Crippen molar-refractivity contribution in [2.75, 3.05) is 13.2 Å². The Labute approximate surface area is 159 Å². The molecule has 1 aromatic rings. The van der Waals surface area contributed by atoms with Crippen molar-refractivity contribution in [2.45, 2.75) is 57.8 Å². The molecule has 146 valence electrons. The number of carbonyl (C=O) groups is 1. The molecule has 6 heteroatoms. The van der Waals surface area contributed by atoms with Crippen LogP contribution in [0, 0.1) is 11.8 Å². The third-order valence-electron chi connectivity index (χ3n) is 6.65. The van der Waals surface area contributed by atoms with Gasteiger partial charge in [0.2, 0.25) is 5.91 Å². The maximum Gasteiger partial charge on any atom is 0.258 e. The molecule has 0 bridgehead atoms. The zero-order valence-electron chi connectivity index (χ0n) is 16.1. The predicted octanol–water partition coefficient (Wildman–Crippen LogP) is 1.53. The Hall–Kier alpha value is -1.92. The molecule has 6 nitrogen and oxygen atoms in total. The van der Waals surface area contributed by atoms with E-state index in [-0.39, 0.29) is 48.0 Å². The van der Waals surface area contributed by atoms with Gasteiger partial charge in [-0.1, -0.05) is 19.1 Å². The minimum absolute atomic E-state index is 0.0108. The second-order valence-corrected chi connectivity index (χ2v) is 8.00. The standard InChI is InChI=1S/C21H29N3O3/c1-3-6-13-9-10-17-18-15(11-24(17)21(13)27)16(12-25)19(23(18)4-2)20(26)22-14-7-5-8-14/h3,6,9-10,14-16,18-19,25H,4-5,7-8,11-12H2,1-2H3,(H,22,26)/b6-3-/t15-,16-,18+,19-/m1/s1. The summed E-state index contributed by atoms with van der Waals surface area (Å²) in [6, 6.07) is 3.87. The number of nitrogens with one attached hydrogen (secondary N) is 1. The maximum atomic E-state index is 13.0. The first-order chi connectivity index (χ1) is 13.1. The molecule has 1 aromatic heterocycles. The Bertz CT molecular complexity index is 811. The number of likely N-dealkylation sites (tertiary alicyclic amines) is 1. The van der Waals surface area contributed by atoms with Crippen LogP contribution < -0.4 is 10.9 Å². The molecule has 1 saturated carbocycles. The fourth-order valence-corrected chi connectivity index (χ4v) is 5.14. The normalized spacial score (nSPS) is 30.3. The number of aliphatic hydroxyl groups excluding tert-OH is 1. The highest BCUT2D eigenvalue weighted by molar-refractivity contribution is 5.83. The van der Waals surface area contributed by atoms with Crippen molar-refractivity contribution in [3.05, 3.63) is 39.8 Å². The zero-order valence-corrected chi connectivity index (χ0v) is 16.1. The van der Waals surface area contributed by atoms with Crippen molar-refractivity contribution in [1.29, 1.82) is 0 Å². The van der Waals surface area contributed by atoms with Gasteiger partial charge in [-0.2, -0.15) is 0 Å². The molecule has 3 aliphatic rings. The highest BCUT2D eigenvalue weighted by atomic mass is 16.3. The first-order valence-corrected chi connectivity index (χ1v) is 10.1. The van der Waals surface area contributed by atoms with E-state index < -0.39 is 0 Å². The van der Waals surface area contributed by atoms with Crippen LogP contribution in [0.15, 0.2) is 23.0 Å². The van der Waals surface area contributed by atoms with Crippen molar-refractivity contribution in [3.63, 3.8) is 0 Å². The quantitative estimate of drug-likeness (QED) is 0.823. The summed E-state index contributed by atoms with van der Waals surface area (Å²) in [4.78, 5) is 28.0. The molecule has 0 aromatic carbocycles. The summed E-state index contributed by atoms with van der Waals surface area (Å²) in [5, 5.41) is 13.3. The third kappa shape index (κ3) is 2.86. The lowest BCUT2D eigenvalue weighted by molar-refractivity contribution is -0.129. The van der Waals surface area contributed by atoms with Crippen LogP contribution in [0.4, 0.5) is 0 Å². The van der Waals surface area contributed by atoms with Gasteiger partial charge in [-0.25, -0.2) is 0 Å². The highest BCUT2D eigenvalue weighted by Gasteiger charge is 2.55. The Morgan fingerprint density at radius 1 is 1.37 bits per heavy atom. The molecule has 2 aliphatic heterocycles. The summed E-state index contributed by atoms with van der Waals surface area (Å²) in [7, 11) is 0. The molecule has 2 fully saturated rings. The summed E-state index contributed by atoms with van der Waals surface area (Å²) in [5.41, 5.74) is 1.67. The lowest BCUT2D eigenvalue weighted by Crippen LogP contribution is -2.52. The largest absolute Gasteiger partial charge is 0.396 e. The Morgan fingerprint density at radius 2 is 2.15 bits per heavy atom. The molecule has 0 unspecified atom stereocenters. The topological polar surface area (TPSA) is 74.6 Å². The number of hydrogen-bond acceptors (Lipinski definition) is 4.